The van der Waals surface area contributed by atoms with Crippen LogP contribution in [0.1, 0.15) is 61.4 Å². The molecule has 1 aromatic heterocycles. The number of nitrogens with one attached hydrogen (secondary N) is 1. The summed E-state index contributed by atoms with van der Waals surface area (Å²) in [6.45, 7) is 7.56. The highest BCUT2D eigenvalue weighted by Crippen LogP contribution is 2.34. The van der Waals surface area contributed by atoms with E-state index in [-0.39, 0.29) is 12.4 Å². The maximum atomic E-state index is 4.57. The molecule has 4 rings (SSSR count). The van der Waals surface area contributed by atoms with E-state index in [1.165, 1.54) is 62.7 Å². The van der Waals surface area contributed by atoms with Crippen molar-refractivity contribution >= 4 is 34.6 Å². The van der Waals surface area contributed by atoms with Crippen LogP contribution in [0.5, 0.6) is 0 Å². The summed E-state index contributed by atoms with van der Waals surface area (Å²) in [7, 11) is 0. The molecule has 148 valence electrons. The van der Waals surface area contributed by atoms with Crippen LogP contribution in [0.3, 0.4) is 0 Å². The van der Waals surface area contributed by atoms with Gasteiger partial charge in [0.25, 0.3) is 0 Å². The molecule has 1 aromatic carbocycles. The standard InChI is InChI=1S/C22H31N3S.ClH/c1-3-25(14-17-7-4-5-8-17)21-12-19-10-6-9-18(19)11-20(21)13-23-22-24-16(2)15-26-22;/h11-12,15,17H,3-10,13-14H2,1-2H3,(H,23,24);1H. The number of nitrogens with zero attached hydrogens (tertiary/aromatic N) is 2. The van der Waals surface area contributed by atoms with E-state index in [1.54, 1.807) is 22.5 Å². The molecule has 0 saturated heterocycles. The minimum Gasteiger partial charge on any atom is -0.371 e. The van der Waals surface area contributed by atoms with Gasteiger partial charge in [-0.05, 0) is 74.6 Å². The molecular weight excluding hydrogens is 374 g/mol. The lowest BCUT2D eigenvalue weighted by Crippen LogP contribution is -2.29. The molecule has 2 aliphatic rings. The van der Waals surface area contributed by atoms with Crippen molar-refractivity contribution in [3.8, 4) is 0 Å². The number of thiazole rings is 1. The van der Waals surface area contributed by atoms with E-state index in [1.807, 2.05) is 0 Å². The first-order valence-corrected chi connectivity index (χ1v) is 11.2. The number of hydrogen-bond acceptors (Lipinski definition) is 4. The fraction of sp³-hybridized carbons (Fsp3) is 0.591. The Bertz CT molecular complexity index is 752. The second-order valence-corrected chi connectivity index (χ2v) is 8.80. The van der Waals surface area contributed by atoms with Gasteiger partial charge in [0, 0.05) is 30.7 Å². The summed E-state index contributed by atoms with van der Waals surface area (Å²) < 4.78 is 0. The number of anilines is 2. The van der Waals surface area contributed by atoms with Crippen molar-refractivity contribution < 1.29 is 0 Å². The van der Waals surface area contributed by atoms with E-state index < -0.39 is 0 Å². The minimum atomic E-state index is 0. The summed E-state index contributed by atoms with van der Waals surface area (Å²) in [5, 5.41) is 6.72. The fourth-order valence-electron chi connectivity index (χ4n) is 4.61. The Kier molecular flexibility index (Phi) is 7.04. The molecule has 0 spiro atoms. The van der Waals surface area contributed by atoms with Crippen molar-refractivity contribution in [2.24, 2.45) is 5.92 Å². The largest absolute Gasteiger partial charge is 0.371 e. The third kappa shape index (κ3) is 4.78. The van der Waals surface area contributed by atoms with Crippen molar-refractivity contribution in [3.63, 3.8) is 0 Å². The van der Waals surface area contributed by atoms with E-state index in [2.05, 4.69) is 46.6 Å². The van der Waals surface area contributed by atoms with Crippen molar-refractivity contribution in [1.82, 2.24) is 4.98 Å². The fourth-order valence-corrected chi connectivity index (χ4v) is 5.29. The third-order valence-electron chi connectivity index (χ3n) is 6.02. The first-order valence-electron chi connectivity index (χ1n) is 10.3. The van der Waals surface area contributed by atoms with E-state index in [0.29, 0.717) is 0 Å². The normalized spacial score (nSPS) is 16.2. The van der Waals surface area contributed by atoms with Crippen molar-refractivity contribution in [1.29, 1.82) is 0 Å². The Morgan fingerprint density at radius 2 is 1.89 bits per heavy atom. The summed E-state index contributed by atoms with van der Waals surface area (Å²) in [6.07, 6.45) is 9.47. The number of benzene rings is 1. The van der Waals surface area contributed by atoms with Gasteiger partial charge in [0.2, 0.25) is 0 Å². The monoisotopic (exact) mass is 405 g/mol. The number of rotatable bonds is 7. The highest BCUT2D eigenvalue weighted by molar-refractivity contribution is 7.13. The molecule has 0 atom stereocenters. The van der Waals surface area contributed by atoms with Crippen LogP contribution < -0.4 is 10.2 Å². The Labute approximate surface area is 174 Å². The quantitative estimate of drug-likeness (QED) is 0.613. The van der Waals surface area contributed by atoms with Gasteiger partial charge in [-0.1, -0.05) is 18.9 Å². The molecule has 0 bridgehead atoms. The Morgan fingerprint density at radius 1 is 1.15 bits per heavy atom. The van der Waals surface area contributed by atoms with Gasteiger partial charge in [-0.25, -0.2) is 4.98 Å². The lowest BCUT2D eigenvalue weighted by atomic mass is 10.0. The lowest BCUT2D eigenvalue weighted by Gasteiger charge is -2.29. The van der Waals surface area contributed by atoms with Crippen LogP contribution in [-0.2, 0) is 19.4 Å². The summed E-state index contributed by atoms with van der Waals surface area (Å²) >= 11 is 1.70. The molecule has 1 fully saturated rings. The van der Waals surface area contributed by atoms with Crippen LogP contribution in [-0.4, -0.2) is 18.1 Å². The molecular formula is C22H32ClN3S. The molecule has 0 radical (unpaired) electrons. The minimum absolute atomic E-state index is 0. The summed E-state index contributed by atoms with van der Waals surface area (Å²) in [4.78, 5) is 7.21. The molecule has 1 N–H and O–H groups in total. The van der Waals surface area contributed by atoms with Gasteiger partial charge in [-0.15, -0.1) is 23.7 Å². The molecule has 0 amide bonds. The predicted molar refractivity (Wildman–Crippen MR) is 120 cm³/mol. The van der Waals surface area contributed by atoms with Gasteiger partial charge in [0.15, 0.2) is 5.13 Å². The van der Waals surface area contributed by atoms with E-state index in [9.17, 15) is 0 Å². The highest BCUT2D eigenvalue weighted by Gasteiger charge is 2.22. The van der Waals surface area contributed by atoms with Crippen molar-refractivity contribution in [2.45, 2.75) is 65.3 Å². The maximum Gasteiger partial charge on any atom is 0.183 e. The molecule has 0 aliphatic heterocycles. The molecule has 2 aromatic rings. The van der Waals surface area contributed by atoms with Crippen LogP contribution in [0.15, 0.2) is 17.5 Å². The molecule has 5 heteroatoms. The molecule has 0 unspecified atom stereocenters. The maximum absolute atomic E-state index is 4.57. The topological polar surface area (TPSA) is 28.2 Å². The zero-order valence-corrected chi connectivity index (χ0v) is 18.2. The van der Waals surface area contributed by atoms with E-state index in [0.717, 1.165) is 29.8 Å². The van der Waals surface area contributed by atoms with Crippen LogP contribution in [0.4, 0.5) is 10.8 Å². The Hall–Kier alpha value is -1.26. The van der Waals surface area contributed by atoms with Gasteiger partial charge in [-0.3, -0.25) is 0 Å². The number of halogens is 1. The lowest BCUT2D eigenvalue weighted by molar-refractivity contribution is 0.535. The van der Waals surface area contributed by atoms with Crippen molar-refractivity contribution in [2.75, 3.05) is 23.3 Å². The average Bonchev–Trinajstić information content (AvgIpc) is 3.39. The van der Waals surface area contributed by atoms with Gasteiger partial charge in [0.1, 0.15) is 0 Å². The number of aryl methyl sites for hydroxylation is 3. The first kappa shape index (κ1) is 20.5. The molecule has 3 nitrogen and oxygen atoms in total. The van der Waals surface area contributed by atoms with Crippen LogP contribution in [0.2, 0.25) is 0 Å². The first-order chi connectivity index (χ1) is 12.7. The average molecular weight is 406 g/mol. The van der Waals surface area contributed by atoms with Gasteiger partial charge >= 0.3 is 0 Å². The molecule has 1 saturated carbocycles. The smallest absolute Gasteiger partial charge is 0.183 e. The number of aromatic nitrogens is 1. The van der Waals surface area contributed by atoms with Crippen LogP contribution >= 0.6 is 23.7 Å². The van der Waals surface area contributed by atoms with Crippen LogP contribution in [0.25, 0.3) is 0 Å². The SMILES string of the molecule is CCN(CC1CCCC1)c1cc2c(cc1CNc1nc(C)cs1)CCC2.Cl. The van der Waals surface area contributed by atoms with Gasteiger partial charge in [-0.2, -0.15) is 0 Å². The third-order valence-corrected chi connectivity index (χ3v) is 6.94. The molecule has 2 aliphatic carbocycles. The zero-order chi connectivity index (χ0) is 17.9. The van der Waals surface area contributed by atoms with E-state index >= 15 is 0 Å². The Balaban J connectivity index is 0.00000210. The van der Waals surface area contributed by atoms with Gasteiger partial charge < -0.3 is 10.2 Å². The van der Waals surface area contributed by atoms with Crippen LogP contribution in [0, 0.1) is 12.8 Å². The highest BCUT2D eigenvalue weighted by atomic mass is 35.5. The number of fused-ring (bicyclic) bond motifs is 1. The predicted octanol–water partition coefficient (Wildman–Crippen LogP) is 5.99. The second-order valence-electron chi connectivity index (χ2n) is 7.94. The molecule has 1 heterocycles. The zero-order valence-electron chi connectivity index (χ0n) is 16.6. The van der Waals surface area contributed by atoms with Gasteiger partial charge in [0.05, 0.1) is 5.69 Å². The Morgan fingerprint density at radius 3 is 2.56 bits per heavy atom. The number of hydrogen-bond donors (Lipinski definition) is 1. The summed E-state index contributed by atoms with van der Waals surface area (Å²) in [5.41, 5.74) is 7.15. The molecule has 27 heavy (non-hydrogen) atoms. The van der Waals surface area contributed by atoms with E-state index in [4.69, 9.17) is 0 Å². The summed E-state index contributed by atoms with van der Waals surface area (Å²) in [6, 6.07) is 4.98. The second kappa shape index (κ2) is 9.29. The summed E-state index contributed by atoms with van der Waals surface area (Å²) in [5.74, 6) is 0.880. The van der Waals surface area contributed by atoms with Crippen molar-refractivity contribution in [3.05, 3.63) is 39.9 Å².